The molecule has 0 radical (unpaired) electrons. The number of alkyl halides is 3. The molecule has 102 valence electrons. The number of benzene rings is 1. The van der Waals surface area contributed by atoms with Crippen molar-refractivity contribution in [3.05, 3.63) is 29.8 Å². The molecular weight excluding hydrogens is 283 g/mol. The van der Waals surface area contributed by atoms with E-state index in [1.807, 2.05) is 4.31 Å². The van der Waals surface area contributed by atoms with Crippen LogP contribution >= 0.6 is 24.4 Å². The predicted molar refractivity (Wildman–Crippen MR) is 70.0 cm³/mol. The summed E-state index contributed by atoms with van der Waals surface area (Å²) in [6, 6.07) is 5.78. The molecule has 1 saturated heterocycles. The molecule has 0 aliphatic carbocycles. The van der Waals surface area contributed by atoms with E-state index in [0.717, 1.165) is 32.0 Å². The smallest absolute Gasteiger partial charge is 0.246 e. The number of halogens is 4. The van der Waals surface area contributed by atoms with Crippen molar-refractivity contribution < 1.29 is 13.2 Å². The molecule has 1 aromatic rings. The average molecular weight is 298 g/mol. The first kappa shape index (κ1) is 15.7. The summed E-state index contributed by atoms with van der Waals surface area (Å²) < 4.78 is 40.3. The monoisotopic (exact) mass is 297 g/mol. The van der Waals surface area contributed by atoms with Crippen LogP contribution in [0.25, 0.3) is 0 Å². The lowest BCUT2D eigenvalue weighted by Gasteiger charge is -2.26. The third-order valence-electron chi connectivity index (χ3n) is 2.73. The molecule has 2 rings (SSSR count). The minimum Gasteiger partial charge on any atom is -0.246 e. The van der Waals surface area contributed by atoms with Crippen LogP contribution in [0.2, 0.25) is 0 Å². The van der Waals surface area contributed by atoms with Gasteiger partial charge in [0.15, 0.2) is 0 Å². The van der Waals surface area contributed by atoms with Crippen molar-refractivity contribution in [1.29, 1.82) is 0 Å². The topological polar surface area (TPSA) is 3.24 Å². The lowest BCUT2D eigenvalue weighted by Crippen LogP contribution is -2.23. The number of rotatable bonds is 2. The Morgan fingerprint density at radius 3 is 2.22 bits per heavy atom. The first-order chi connectivity index (χ1) is 8.07. The van der Waals surface area contributed by atoms with Crippen molar-refractivity contribution in [2.45, 2.75) is 30.3 Å². The van der Waals surface area contributed by atoms with E-state index in [1.165, 1.54) is 24.4 Å². The lowest BCUT2D eigenvalue weighted by atomic mass is 10.2. The molecular formula is C12H15ClF3NS. The van der Waals surface area contributed by atoms with E-state index in [1.54, 1.807) is 12.1 Å². The van der Waals surface area contributed by atoms with Crippen LogP contribution in [0.5, 0.6) is 0 Å². The normalized spacial score (nSPS) is 17.3. The van der Waals surface area contributed by atoms with Gasteiger partial charge >= 0.3 is 6.18 Å². The van der Waals surface area contributed by atoms with Crippen molar-refractivity contribution in [3.63, 3.8) is 0 Å². The Morgan fingerprint density at radius 1 is 1.00 bits per heavy atom. The third kappa shape index (κ3) is 4.07. The van der Waals surface area contributed by atoms with E-state index in [2.05, 4.69) is 0 Å². The highest BCUT2D eigenvalue weighted by atomic mass is 35.5. The first-order valence-electron chi connectivity index (χ1n) is 5.66. The van der Waals surface area contributed by atoms with Gasteiger partial charge in [-0.25, -0.2) is 4.31 Å². The number of hydrogen-bond acceptors (Lipinski definition) is 2. The maximum absolute atomic E-state index is 12.8. The van der Waals surface area contributed by atoms with Crippen LogP contribution in [0, 0.1) is 0 Å². The fourth-order valence-corrected chi connectivity index (χ4v) is 3.02. The maximum Gasteiger partial charge on any atom is 0.417 e. The molecule has 6 heteroatoms. The van der Waals surface area contributed by atoms with Crippen molar-refractivity contribution in [2.24, 2.45) is 0 Å². The van der Waals surface area contributed by atoms with Gasteiger partial charge in [0.25, 0.3) is 0 Å². The van der Waals surface area contributed by atoms with Gasteiger partial charge in [0, 0.05) is 18.0 Å². The fraction of sp³-hybridized carbons (Fsp3) is 0.500. The van der Waals surface area contributed by atoms with E-state index in [4.69, 9.17) is 0 Å². The Bertz CT molecular complexity index is 378. The second-order valence-corrected chi connectivity index (χ2v) is 5.21. The standard InChI is InChI=1S/C12H14F3NS.ClH/c13-12(14,15)10-6-2-3-7-11(10)17-16-8-4-1-5-9-16;/h2-3,6-7H,1,4-5,8-9H2;1H. The van der Waals surface area contributed by atoms with Crippen LogP contribution in [0.3, 0.4) is 0 Å². The van der Waals surface area contributed by atoms with Crippen molar-refractivity contribution >= 4 is 24.4 Å². The summed E-state index contributed by atoms with van der Waals surface area (Å²) in [5.41, 5.74) is -0.532. The average Bonchev–Trinajstić information content (AvgIpc) is 2.30. The Kier molecular flexibility index (Phi) is 5.82. The zero-order valence-electron chi connectivity index (χ0n) is 9.74. The number of hydrogen-bond donors (Lipinski definition) is 0. The predicted octanol–water partition coefficient (Wildman–Crippen LogP) is 4.62. The molecule has 0 aromatic heterocycles. The summed E-state index contributed by atoms with van der Waals surface area (Å²) in [7, 11) is 0. The quantitative estimate of drug-likeness (QED) is 0.733. The fourth-order valence-electron chi connectivity index (χ4n) is 1.88. The minimum atomic E-state index is -4.26. The molecule has 1 aromatic carbocycles. The van der Waals surface area contributed by atoms with Gasteiger partial charge < -0.3 is 0 Å². The molecule has 0 saturated carbocycles. The van der Waals surface area contributed by atoms with Gasteiger partial charge in [0.05, 0.1) is 5.56 Å². The van der Waals surface area contributed by atoms with E-state index < -0.39 is 11.7 Å². The van der Waals surface area contributed by atoms with Gasteiger partial charge in [-0.05, 0) is 36.9 Å². The molecule has 0 spiro atoms. The number of nitrogens with zero attached hydrogens (tertiary/aromatic N) is 1. The van der Waals surface area contributed by atoms with Crippen LogP contribution in [0.4, 0.5) is 13.2 Å². The third-order valence-corrected chi connectivity index (χ3v) is 3.91. The van der Waals surface area contributed by atoms with Gasteiger partial charge in [-0.15, -0.1) is 12.4 Å². The van der Waals surface area contributed by atoms with Gasteiger partial charge in [-0.2, -0.15) is 13.2 Å². The van der Waals surface area contributed by atoms with Crippen LogP contribution in [0.15, 0.2) is 29.2 Å². The SMILES string of the molecule is Cl.FC(F)(F)c1ccccc1SN1CCCCC1. The van der Waals surface area contributed by atoms with Crippen LogP contribution in [0.1, 0.15) is 24.8 Å². The van der Waals surface area contributed by atoms with Gasteiger partial charge in [0.1, 0.15) is 0 Å². The molecule has 0 bridgehead atoms. The number of piperidine rings is 1. The molecule has 0 unspecified atom stereocenters. The second kappa shape index (κ2) is 6.68. The molecule has 1 heterocycles. The highest BCUT2D eigenvalue weighted by molar-refractivity contribution is 7.97. The summed E-state index contributed by atoms with van der Waals surface area (Å²) in [4.78, 5) is 0.307. The van der Waals surface area contributed by atoms with E-state index in [9.17, 15) is 13.2 Å². The minimum absolute atomic E-state index is 0. The summed E-state index contributed by atoms with van der Waals surface area (Å²) >= 11 is 1.23. The van der Waals surface area contributed by atoms with Gasteiger partial charge in [-0.1, -0.05) is 18.6 Å². The Hall–Kier alpha value is -0.390. The zero-order valence-corrected chi connectivity index (χ0v) is 11.4. The summed E-state index contributed by atoms with van der Waals surface area (Å²) in [5.74, 6) is 0. The van der Waals surface area contributed by atoms with Crippen molar-refractivity contribution in [1.82, 2.24) is 4.31 Å². The Labute approximate surface area is 115 Å². The molecule has 0 amide bonds. The molecule has 1 aliphatic heterocycles. The summed E-state index contributed by atoms with van der Waals surface area (Å²) in [6.45, 7) is 1.74. The molecule has 0 N–H and O–H groups in total. The lowest BCUT2D eigenvalue weighted by molar-refractivity contribution is -0.139. The van der Waals surface area contributed by atoms with E-state index >= 15 is 0 Å². The molecule has 18 heavy (non-hydrogen) atoms. The molecule has 1 fully saturated rings. The van der Waals surface area contributed by atoms with Crippen molar-refractivity contribution in [3.8, 4) is 0 Å². The largest absolute Gasteiger partial charge is 0.417 e. The van der Waals surface area contributed by atoms with E-state index in [-0.39, 0.29) is 12.4 Å². The van der Waals surface area contributed by atoms with Crippen LogP contribution < -0.4 is 0 Å². The van der Waals surface area contributed by atoms with E-state index in [0.29, 0.717) is 4.90 Å². The molecule has 0 atom stereocenters. The van der Waals surface area contributed by atoms with Gasteiger partial charge in [-0.3, -0.25) is 0 Å². The first-order valence-corrected chi connectivity index (χ1v) is 6.44. The Morgan fingerprint density at radius 2 is 1.61 bits per heavy atom. The molecule has 1 nitrogen and oxygen atoms in total. The molecule has 1 aliphatic rings. The maximum atomic E-state index is 12.8. The highest BCUT2D eigenvalue weighted by Gasteiger charge is 2.33. The zero-order chi connectivity index (χ0) is 12.3. The second-order valence-electron chi connectivity index (χ2n) is 4.07. The Balaban J connectivity index is 0.00000162. The van der Waals surface area contributed by atoms with Crippen LogP contribution in [-0.4, -0.2) is 17.4 Å². The van der Waals surface area contributed by atoms with Crippen LogP contribution in [-0.2, 0) is 6.18 Å². The van der Waals surface area contributed by atoms with Crippen molar-refractivity contribution in [2.75, 3.05) is 13.1 Å². The highest BCUT2D eigenvalue weighted by Crippen LogP contribution is 2.38. The summed E-state index contributed by atoms with van der Waals surface area (Å²) in [5, 5.41) is 0. The summed E-state index contributed by atoms with van der Waals surface area (Å²) in [6.07, 6.45) is -0.945. The van der Waals surface area contributed by atoms with Gasteiger partial charge in [0.2, 0.25) is 0 Å².